The zero-order valence-corrected chi connectivity index (χ0v) is 25.3. The molecular weight excluding hydrogens is 568 g/mol. The van der Waals surface area contributed by atoms with Crippen LogP contribution in [0.1, 0.15) is 92.7 Å². The summed E-state index contributed by atoms with van der Waals surface area (Å²) >= 11 is 8.02. The molecule has 0 unspecified atom stereocenters. The maximum absolute atomic E-state index is 12.8. The van der Waals surface area contributed by atoms with Crippen LogP contribution in [0.5, 0.6) is 5.75 Å². The molecule has 37 heavy (non-hydrogen) atoms. The lowest BCUT2D eigenvalue weighted by atomic mass is 10.1. The molecule has 2 aromatic carbocycles. The van der Waals surface area contributed by atoms with E-state index in [1.807, 2.05) is 24.3 Å². The van der Waals surface area contributed by atoms with E-state index < -0.39 is 0 Å². The summed E-state index contributed by atoms with van der Waals surface area (Å²) in [5.74, 6) is 0.466. The summed E-state index contributed by atoms with van der Waals surface area (Å²) in [6.45, 7) is 5.79. The number of amides is 1. The number of unbranched alkanes of at least 4 members (excludes halogenated alkanes) is 9. The number of rotatable bonds is 16. The number of aryl methyl sites for hydroxylation is 1. The molecular formula is C30H40BrClN2O2S. The number of nitrogens with zero attached hydrogens (tertiary/aromatic N) is 1. The van der Waals surface area contributed by atoms with Gasteiger partial charge in [-0.05, 0) is 30.7 Å². The number of ether oxygens (including phenoxy) is 1. The molecule has 3 rings (SSSR count). The zero-order valence-electron chi connectivity index (χ0n) is 22.1. The molecule has 1 heterocycles. The van der Waals surface area contributed by atoms with Crippen LogP contribution >= 0.6 is 22.9 Å². The SMILES string of the molecule is CCCCCCCCCCCCOc1cc(NC(=O)c2ccc(C[n+]3cscc3C)cc2)ccc1Cl.[Br-]. The van der Waals surface area contributed by atoms with Crippen molar-refractivity contribution in [2.75, 3.05) is 11.9 Å². The van der Waals surface area contributed by atoms with Crippen LogP contribution in [0, 0.1) is 6.92 Å². The normalized spacial score (nSPS) is 10.7. The molecule has 1 amide bonds. The van der Waals surface area contributed by atoms with Gasteiger partial charge in [-0.15, -0.1) is 0 Å². The highest BCUT2D eigenvalue weighted by Gasteiger charge is 2.11. The van der Waals surface area contributed by atoms with E-state index in [9.17, 15) is 4.79 Å². The molecule has 1 N–H and O–H groups in total. The Balaban J connectivity index is 0.00000481. The molecule has 4 nitrogen and oxygen atoms in total. The lowest BCUT2D eigenvalue weighted by molar-refractivity contribution is -0.689. The fourth-order valence-electron chi connectivity index (χ4n) is 4.14. The maximum atomic E-state index is 12.8. The molecule has 0 fully saturated rings. The van der Waals surface area contributed by atoms with E-state index in [0.717, 1.165) is 18.5 Å². The van der Waals surface area contributed by atoms with Crippen LogP contribution in [0.25, 0.3) is 0 Å². The number of hydrogen-bond donors (Lipinski definition) is 1. The quantitative estimate of drug-likeness (QED) is 0.170. The van der Waals surface area contributed by atoms with Crippen molar-refractivity contribution in [1.29, 1.82) is 0 Å². The maximum Gasteiger partial charge on any atom is 0.255 e. The van der Waals surface area contributed by atoms with Gasteiger partial charge in [-0.25, -0.2) is 0 Å². The molecule has 1 aromatic heterocycles. The van der Waals surface area contributed by atoms with Gasteiger partial charge >= 0.3 is 0 Å². The zero-order chi connectivity index (χ0) is 25.6. The monoisotopic (exact) mass is 606 g/mol. The number of thiazole rings is 1. The molecule has 0 radical (unpaired) electrons. The second-order valence-corrected chi connectivity index (χ2v) is 10.6. The number of hydrogen-bond acceptors (Lipinski definition) is 3. The summed E-state index contributed by atoms with van der Waals surface area (Å²) in [5.41, 5.74) is 5.79. The standard InChI is InChI=1S/C30H39ClN2O2S.BrH/c1-3-4-5-6-7-8-9-10-11-12-19-35-29-20-27(17-18-28(29)31)32-30(34)26-15-13-25(14-16-26)21-33-23-36-22-24(33)2;/h13-18,20,22-23H,3-12,19,21H2,1-2H3;1H. The van der Waals surface area contributed by atoms with Crippen molar-refractivity contribution < 1.29 is 31.1 Å². The second-order valence-electron chi connectivity index (χ2n) is 9.46. The minimum absolute atomic E-state index is 0. The van der Waals surface area contributed by atoms with Gasteiger partial charge in [0.1, 0.15) is 5.75 Å². The molecule has 0 atom stereocenters. The van der Waals surface area contributed by atoms with Crippen molar-refractivity contribution in [2.24, 2.45) is 0 Å². The van der Waals surface area contributed by atoms with Gasteiger partial charge in [0, 0.05) is 29.8 Å². The fourth-order valence-corrected chi connectivity index (χ4v) is 5.09. The smallest absolute Gasteiger partial charge is 0.255 e. The molecule has 0 aliphatic rings. The summed E-state index contributed by atoms with van der Waals surface area (Å²) in [7, 11) is 0. The van der Waals surface area contributed by atoms with Crippen LogP contribution in [-0.4, -0.2) is 12.5 Å². The first-order valence-corrected chi connectivity index (χ1v) is 14.6. The average molecular weight is 608 g/mol. The number of benzene rings is 2. The van der Waals surface area contributed by atoms with Gasteiger partial charge in [-0.1, -0.05) is 99.8 Å². The van der Waals surface area contributed by atoms with Crippen LogP contribution in [0.2, 0.25) is 5.02 Å². The molecule has 0 aliphatic carbocycles. The Bertz CT molecular complexity index is 1070. The summed E-state index contributed by atoms with van der Waals surface area (Å²) in [6.07, 6.45) is 12.9. The van der Waals surface area contributed by atoms with Gasteiger partial charge < -0.3 is 27.0 Å². The highest BCUT2D eigenvalue weighted by molar-refractivity contribution is 7.07. The summed E-state index contributed by atoms with van der Waals surface area (Å²) in [6, 6.07) is 13.1. The number of aromatic nitrogens is 1. The highest BCUT2D eigenvalue weighted by Crippen LogP contribution is 2.28. The number of carbonyl (C=O) groups is 1. The lowest BCUT2D eigenvalue weighted by Gasteiger charge is -2.11. The Labute approximate surface area is 242 Å². The fraction of sp³-hybridized carbons (Fsp3) is 0.467. The second kappa shape index (κ2) is 17.6. The summed E-state index contributed by atoms with van der Waals surface area (Å²) in [4.78, 5) is 12.8. The molecule has 0 bridgehead atoms. The third kappa shape index (κ3) is 11.2. The van der Waals surface area contributed by atoms with Gasteiger partial charge in [-0.2, -0.15) is 4.57 Å². The van der Waals surface area contributed by atoms with Gasteiger partial charge in [0.05, 0.1) is 17.0 Å². The third-order valence-electron chi connectivity index (χ3n) is 6.39. The van der Waals surface area contributed by atoms with Crippen LogP contribution in [0.4, 0.5) is 5.69 Å². The summed E-state index contributed by atoms with van der Waals surface area (Å²) in [5, 5.41) is 5.65. The van der Waals surface area contributed by atoms with E-state index >= 15 is 0 Å². The molecule has 7 heteroatoms. The Morgan fingerprint density at radius 2 is 1.59 bits per heavy atom. The van der Waals surface area contributed by atoms with E-state index in [4.69, 9.17) is 16.3 Å². The number of carbonyl (C=O) groups excluding carboxylic acids is 1. The molecule has 0 spiro atoms. The first-order valence-electron chi connectivity index (χ1n) is 13.3. The number of halogens is 2. The Kier molecular flexibility index (Phi) is 14.9. The van der Waals surface area contributed by atoms with Crippen LogP contribution in [0.15, 0.2) is 53.4 Å². The number of anilines is 1. The van der Waals surface area contributed by atoms with E-state index in [0.29, 0.717) is 28.6 Å². The molecule has 202 valence electrons. The van der Waals surface area contributed by atoms with Crippen molar-refractivity contribution in [2.45, 2.75) is 84.6 Å². The van der Waals surface area contributed by atoms with Gasteiger partial charge in [-0.3, -0.25) is 4.79 Å². The van der Waals surface area contributed by atoms with Gasteiger partial charge in [0.15, 0.2) is 12.2 Å². The van der Waals surface area contributed by atoms with E-state index in [-0.39, 0.29) is 22.9 Å². The topological polar surface area (TPSA) is 42.2 Å². The van der Waals surface area contributed by atoms with Gasteiger partial charge in [0.2, 0.25) is 5.51 Å². The minimum Gasteiger partial charge on any atom is -1.00 e. The lowest BCUT2D eigenvalue weighted by Crippen LogP contribution is -3.00. The Hall–Kier alpha value is -1.89. The first-order chi connectivity index (χ1) is 17.6. The van der Waals surface area contributed by atoms with Crippen molar-refractivity contribution in [1.82, 2.24) is 0 Å². The van der Waals surface area contributed by atoms with Gasteiger partial charge in [0.25, 0.3) is 5.91 Å². The predicted molar refractivity (Wildman–Crippen MR) is 152 cm³/mol. The minimum atomic E-state index is -0.149. The average Bonchev–Trinajstić information content (AvgIpc) is 3.28. The molecule has 0 saturated heterocycles. The Morgan fingerprint density at radius 3 is 2.22 bits per heavy atom. The summed E-state index contributed by atoms with van der Waals surface area (Å²) < 4.78 is 8.13. The number of nitrogens with one attached hydrogen (secondary N) is 1. The van der Waals surface area contributed by atoms with Crippen molar-refractivity contribution in [3.63, 3.8) is 0 Å². The predicted octanol–water partition coefficient (Wildman–Crippen LogP) is 5.60. The van der Waals surface area contributed by atoms with Crippen LogP contribution in [-0.2, 0) is 6.54 Å². The Morgan fingerprint density at radius 1 is 0.946 bits per heavy atom. The van der Waals surface area contributed by atoms with E-state index in [1.54, 1.807) is 29.5 Å². The van der Waals surface area contributed by atoms with Crippen LogP contribution in [0.3, 0.4) is 0 Å². The van der Waals surface area contributed by atoms with Crippen molar-refractivity contribution in [3.8, 4) is 5.75 Å². The molecule has 0 aliphatic heterocycles. The highest BCUT2D eigenvalue weighted by atomic mass is 79.9. The van der Waals surface area contributed by atoms with Crippen LogP contribution < -0.4 is 31.6 Å². The first kappa shape index (κ1) is 31.3. The molecule has 3 aromatic rings. The van der Waals surface area contributed by atoms with Crippen molar-refractivity contribution in [3.05, 3.63) is 75.2 Å². The van der Waals surface area contributed by atoms with Crippen molar-refractivity contribution >= 4 is 34.5 Å². The molecule has 0 saturated carbocycles. The van der Waals surface area contributed by atoms with E-state index in [1.165, 1.54) is 63.5 Å². The van der Waals surface area contributed by atoms with E-state index in [2.05, 4.69) is 34.6 Å². The third-order valence-corrected chi connectivity index (χ3v) is 7.56. The largest absolute Gasteiger partial charge is 1.00 e.